The number of quaternary nitrogens is 2. The molecular weight excluding hydrogens is 522 g/mol. The van der Waals surface area contributed by atoms with Crippen molar-refractivity contribution >= 4 is 28.3 Å². The van der Waals surface area contributed by atoms with Gasteiger partial charge in [0.05, 0.1) is 26.6 Å². The second-order valence-corrected chi connectivity index (χ2v) is 9.80. The van der Waals surface area contributed by atoms with E-state index in [1.54, 1.807) is 0 Å². The molecule has 3 aromatic carbocycles. The standard InChI is InChI=1S/C31H43N7O.ClH/c1-2-19-34-31(36-21-18-32)35-20-8-13-29(33)30(39)38-28(16-14-24-9-4-3-5-10-24)23-37-27-17-15-25-11-6-7-12-26(25)22-27;/h3-7,9-12,15,17,22,28-29,37H,1-2,8,13-14,16,18-21,23,32-33H2,(H2-,34,35,36,38,39);1H/p+2. The van der Waals surface area contributed by atoms with Crippen LogP contribution < -0.4 is 45.1 Å². The Morgan fingerprint density at radius 1 is 0.925 bits per heavy atom. The largest absolute Gasteiger partial charge is 1.00 e. The first-order valence-corrected chi connectivity index (χ1v) is 14.1. The molecule has 0 aromatic heterocycles. The van der Waals surface area contributed by atoms with Gasteiger partial charge in [0.2, 0.25) is 0 Å². The fourth-order valence-corrected chi connectivity index (χ4v) is 4.33. The number of aryl methyl sites for hydroxylation is 1. The number of hydrogen-bond acceptors (Lipinski definition) is 3. The minimum Gasteiger partial charge on any atom is -1.00 e. The first-order chi connectivity index (χ1) is 19.1. The normalized spacial score (nSPS) is 12.7. The molecule has 0 aliphatic rings. The summed E-state index contributed by atoms with van der Waals surface area (Å²) < 4.78 is 0. The smallest absolute Gasteiger partial charge is 0.278 e. The lowest BCUT2D eigenvalue weighted by Crippen LogP contribution is -3.00. The van der Waals surface area contributed by atoms with Crippen LogP contribution in [0.4, 0.5) is 5.69 Å². The van der Waals surface area contributed by atoms with Gasteiger partial charge in [-0.15, -0.1) is 0 Å². The van der Waals surface area contributed by atoms with Crippen LogP contribution in [0.5, 0.6) is 0 Å². The highest BCUT2D eigenvalue weighted by Gasteiger charge is 2.21. The van der Waals surface area contributed by atoms with Crippen LogP contribution in [0, 0.1) is 6.92 Å². The number of benzene rings is 3. The monoisotopic (exact) mass is 567 g/mol. The molecule has 0 bridgehead atoms. The zero-order valence-electron chi connectivity index (χ0n) is 23.5. The molecule has 3 rings (SSSR count). The van der Waals surface area contributed by atoms with Crippen LogP contribution in [-0.2, 0) is 11.2 Å². The number of aliphatic imine (C=N–C) groups is 1. The van der Waals surface area contributed by atoms with Gasteiger partial charge in [-0.25, -0.2) is 4.99 Å². The number of nitrogens with one attached hydrogen (secondary N) is 4. The highest BCUT2D eigenvalue weighted by atomic mass is 35.5. The van der Waals surface area contributed by atoms with Crippen molar-refractivity contribution in [3.05, 3.63) is 85.3 Å². The summed E-state index contributed by atoms with van der Waals surface area (Å²) in [5.74, 6) is 0.766. The molecule has 0 aliphatic carbocycles. The van der Waals surface area contributed by atoms with E-state index in [4.69, 9.17) is 0 Å². The number of rotatable bonds is 16. The Hall–Kier alpha value is -3.46. The lowest BCUT2D eigenvalue weighted by molar-refractivity contribution is -0.405. The van der Waals surface area contributed by atoms with Crippen LogP contribution in [0.15, 0.2) is 77.8 Å². The van der Waals surface area contributed by atoms with Crippen molar-refractivity contribution in [2.75, 3.05) is 38.0 Å². The van der Waals surface area contributed by atoms with Crippen LogP contribution in [0.3, 0.4) is 0 Å². The fourth-order valence-electron chi connectivity index (χ4n) is 4.33. The SMILES string of the molecule is [CH2+]CCN=C(NCC[NH3+])NCCCC([NH3+])C(=O)NC(CCc1ccccc1)CNc1ccc2ccccc2c1.[Cl-]. The van der Waals surface area contributed by atoms with Crippen LogP contribution in [0.2, 0.25) is 0 Å². The van der Waals surface area contributed by atoms with E-state index in [1.165, 1.54) is 16.3 Å². The van der Waals surface area contributed by atoms with E-state index in [1.807, 2.05) is 18.2 Å². The molecule has 10 N–H and O–H groups in total. The minimum atomic E-state index is -0.320. The molecule has 40 heavy (non-hydrogen) atoms. The van der Waals surface area contributed by atoms with E-state index in [9.17, 15) is 4.79 Å². The number of carbonyl (C=O) groups excluding carboxylic acids is 1. The summed E-state index contributed by atoms with van der Waals surface area (Å²) in [5.41, 5.74) is 10.3. The first kappa shape index (κ1) is 32.8. The summed E-state index contributed by atoms with van der Waals surface area (Å²) in [4.78, 5) is 17.6. The van der Waals surface area contributed by atoms with Gasteiger partial charge in [0.25, 0.3) is 5.91 Å². The number of nitrogens with zero attached hydrogens (tertiary/aromatic N) is 1. The summed E-state index contributed by atoms with van der Waals surface area (Å²) in [6.45, 7) is 7.43. The van der Waals surface area contributed by atoms with E-state index in [2.05, 4.69) is 99.2 Å². The quantitative estimate of drug-likeness (QED) is 0.0559. The summed E-state index contributed by atoms with van der Waals surface area (Å²) in [6, 6.07) is 24.8. The van der Waals surface area contributed by atoms with Gasteiger partial charge in [-0.05, 0) is 47.7 Å². The Balaban J connectivity index is 0.00000560. The Labute approximate surface area is 245 Å². The number of guanidine groups is 1. The number of hydrogen-bond donors (Lipinski definition) is 6. The lowest BCUT2D eigenvalue weighted by Gasteiger charge is -2.21. The number of carbonyl (C=O) groups is 1. The third-order valence-electron chi connectivity index (χ3n) is 6.56. The van der Waals surface area contributed by atoms with Gasteiger partial charge in [-0.2, -0.15) is 0 Å². The Morgan fingerprint density at radius 2 is 1.65 bits per heavy atom. The van der Waals surface area contributed by atoms with Gasteiger partial charge >= 0.3 is 0 Å². The predicted octanol–water partition coefficient (Wildman–Crippen LogP) is -1.23. The van der Waals surface area contributed by atoms with Crippen LogP contribution in [0.1, 0.15) is 31.2 Å². The van der Waals surface area contributed by atoms with Crippen LogP contribution in [-0.4, -0.2) is 56.7 Å². The Bertz CT molecular complexity index is 1160. The van der Waals surface area contributed by atoms with Gasteiger partial charge in [0.1, 0.15) is 6.42 Å². The molecule has 8 nitrogen and oxygen atoms in total. The molecule has 216 valence electrons. The van der Waals surface area contributed by atoms with Crippen LogP contribution >= 0.6 is 0 Å². The maximum absolute atomic E-state index is 13.1. The zero-order valence-corrected chi connectivity index (χ0v) is 24.3. The molecule has 0 saturated carbocycles. The van der Waals surface area contributed by atoms with Crippen molar-refractivity contribution in [2.45, 2.75) is 44.2 Å². The van der Waals surface area contributed by atoms with E-state index in [-0.39, 0.29) is 30.4 Å². The summed E-state index contributed by atoms with van der Waals surface area (Å²) in [6.07, 6.45) is 4.00. The Morgan fingerprint density at radius 3 is 2.40 bits per heavy atom. The van der Waals surface area contributed by atoms with Crippen molar-refractivity contribution in [2.24, 2.45) is 4.99 Å². The van der Waals surface area contributed by atoms with Crippen molar-refractivity contribution in [1.29, 1.82) is 0 Å². The Kier molecular flexibility index (Phi) is 15.4. The second kappa shape index (κ2) is 18.8. The predicted molar refractivity (Wildman–Crippen MR) is 161 cm³/mol. The van der Waals surface area contributed by atoms with Gasteiger partial charge < -0.3 is 45.1 Å². The van der Waals surface area contributed by atoms with Crippen molar-refractivity contribution in [3.8, 4) is 0 Å². The maximum atomic E-state index is 13.1. The van der Waals surface area contributed by atoms with Crippen LogP contribution in [0.25, 0.3) is 10.8 Å². The van der Waals surface area contributed by atoms with E-state index >= 15 is 0 Å². The third kappa shape index (κ3) is 11.7. The third-order valence-corrected chi connectivity index (χ3v) is 6.56. The topological polar surface area (TPSA) is 133 Å². The average Bonchev–Trinajstić information content (AvgIpc) is 2.97. The molecule has 0 heterocycles. The summed E-state index contributed by atoms with van der Waals surface area (Å²) >= 11 is 0. The van der Waals surface area contributed by atoms with Crippen molar-refractivity contribution in [1.82, 2.24) is 16.0 Å². The zero-order chi connectivity index (χ0) is 27.7. The molecule has 0 aliphatic heterocycles. The summed E-state index contributed by atoms with van der Waals surface area (Å²) in [5, 5.41) is 15.8. The van der Waals surface area contributed by atoms with Crippen molar-refractivity contribution in [3.63, 3.8) is 0 Å². The van der Waals surface area contributed by atoms with Gasteiger partial charge in [-0.3, -0.25) is 4.79 Å². The highest BCUT2D eigenvalue weighted by molar-refractivity contribution is 5.85. The molecule has 0 saturated heterocycles. The summed E-state index contributed by atoms with van der Waals surface area (Å²) in [7, 11) is 0. The minimum absolute atomic E-state index is 0. The number of amides is 1. The maximum Gasteiger partial charge on any atom is 0.278 e. The molecule has 0 fully saturated rings. The van der Waals surface area contributed by atoms with Gasteiger partial charge in [0, 0.05) is 31.2 Å². The molecule has 1 amide bonds. The molecule has 2 unspecified atom stereocenters. The van der Waals surface area contributed by atoms with Crippen molar-refractivity contribution < 1.29 is 28.7 Å². The molecule has 0 radical (unpaired) electrons. The highest BCUT2D eigenvalue weighted by Crippen LogP contribution is 2.19. The fraction of sp³-hybridized carbons (Fsp3) is 0.387. The molecular formula is C31H46ClN7O+2. The van der Waals surface area contributed by atoms with Gasteiger partial charge in [0.15, 0.2) is 12.0 Å². The molecule has 2 atom stereocenters. The first-order valence-electron chi connectivity index (χ1n) is 14.1. The average molecular weight is 568 g/mol. The van der Waals surface area contributed by atoms with E-state index in [0.717, 1.165) is 57.0 Å². The second-order valence-electron chi connectivity index (χ2n) is 9.80. The lowest BCUT2D eigenvalue weighted by atomic mass is 10.0. The van der Waals surface area contributed by atoms with E-state index < -0.39 is 0 Å². The van der Waals surface area contributed by atoms with Gasteiger partial charge in [-0.1, -0.05) is 60.7 Å². The molecule has 0 spiro atoms. The number of fused-ring (bicyclic) bond motifs is 1. The van der Waals surface area contributed by atoms with E-state index in [0.29, 0.717) is 19.5 Å². The number of halogens is 1. The number of anilines is 1. The molecule has 9 heteroatoms. The molecule has 3 aromatic rings.